The monoisotopic (exact) mass is 284 g/mol. The third kappa shape index (κ3) is 1.85. The van der Waals surface area contributed by atoms with Crippen LogP contribution in [0, 0.1) is 10.1 Å². The van der Waals surface area contributed by atoms with Crippen molar-refractivity contribution in [2.75, 3.05) is 0 Å². The topological polar surface area (TPSA) is 69.2 Å². The van der Waals surface area contributed by atoms with Gasteiger partial charge in [0, 0.05) is 28.1 Å². The van der Waals surface area contributed by atoms with Gasteiger partial charge in [0.1, 0.15) is 0 Å². The molecule has 1 atom stereocenters. The van der Waals surface area contributed by atoms with E-state index in [2.05, 4.69) is 15.9 Å². The van der Waals surface area contributed by atoms with E-state index in [9.17, 15) is 10.1 Å². The van der Waals surface area contributed by atoms with Gasteiger partial charge in [0.05, 0.1) is 4.92 Å². The molecule has 0 bridgehead atoms. The number of non-ortho nitro benzene ring substituents is 1. The highest BCUT2D eigenvalue weighted by atomic mass is 79.9. The van der Waals surface area contributed by atoms with Crippen molar-refractivity contribution in [1.82, 2.24) is 0 Å². The fourth-order valence-electron chi connectivity index (χ4n) is 2.11. The Bertz CT molecular complexity index is 442. The summed E-state index contributed by atoms with van der Waals surface area (Å²) in [6.07, 6.45) is 2.02. The number of nitrogens with zero attached hydrogens (tertiary/aromatic N) is 1. The Morgan fingerprint density at radius 3 is 2.56 bits per heavy atom. The van der Waals surface area contributed by atoms with E-state index < -0.39 is 0 Å². The molecule has 1 fully saturated rings. The fraction of sp³-hybridized carbons (Fsp3) is 0.455. The second kappa shape index (κ2) is 3.82. The zero-order valence-corrected chi connectivity index (χ0v) is 10.5. The van der Waals surface area contributed by atoms with Crippen molar-refractivity contribution in [2.24, 2.45) is 5.73 Å². The van der Waals surface area contributed by atoms with Crippen molar-refractivity contribution < 1.29 is 4.92 Å². The lowest BCUT2D eigenvalue weighted by Crippen LogP contribution is -2.31. The summed E-state index contributed by atoms with van der Waals surface area (Å²) in [7, 11) is 0. The minimum atomic E-state index is -0.370. The lowest BCUT2D eigenvalue weighted by atomic mass is 9.89. The molecule has 0 aliphatic heterocycles. The van der Waals surface area contributed by atoms with Gasteiger partial charge >= 0.3 is 0 Å². The van der Waals surface area contributed by atoms with Crippen LogP contribution in [0.3, 0.4) is 0 Å². The molecule has 86 valence electrons. The van der Waals surface area contributed by atoms with Crippen LogP contribution in [0.4, 0.5) is 5.69 Å². The SMILES string of the molecule is CC(N)C1(c2cc(Br)cc([N+](=O)[O-])c2)CC1. The average Bonchev–Trinajstić information content (AvgIpc) is 2.97. The molecule has 0 aromatic heterocycles. The lowest BCUT2D eigenvalue weighted by Gasteiger charge is -2.20. The molecule has 0 spiro atoms. The highest BCUT2D eigenvalue weighted by Gasteiger charge is 2.48. The first kappa shape index (κ1) is 11.5. The molecule has 0 amide bonds. The highest BCUT2D eigenvalue weighted by Crippen LogP contribution is 2.51. The predicted octanol–water partition coefficient (Wildman–Crippen LogP) is 2.74. The summed E-state index contributed by atoms with van der Waals surface area (Å²) in [5, 5.41) is 10.8. The summed E-state index contributed by atoms with van der Waals surface area (Å²) in [6.45, 7) is 1.96. The van der Waals surface area contributed by atoms with Crippen LogP contribution in [0.25, 0.3) is 0 Å². The van der Waals surface area contributed by atoms with Gasteiger partial charge < -0.3 is 5.73 Å². The summed E-state index contributed by atoms with van der Waals surface area (Å²) in [5.41, 5.74) is 7.01. The van der Waals surface area contributed by atoms with Crippen LogP contribution in [0.15, 0.2) is 22.7 Å². The molecular formula is C11H13BrN2O2. The maximum absolute atomic E-state index is 10.8. The van der Waals surface area contributed by atoms with Crippen molar-refractivity contribution in [2.45, 2.75) is 31.2 Å². The summed E-state index contributed by atoms with van der Waals surface area (Å²) < 4.78 is 0.739. The van der Waals surface area contributed by atoms with Gasteiger partial charge in [-0.3, -0.25) is 10.1 Å². The number of rotatable bonds is 3. The Hall–Kier alpha value is -0.940. The van der Waals surface area contributed by atoms with Crippen LogP contribution in [-0.4, -0.2) is 11.0 Å². The number of nitro benzene ring substituents is 1. The van der Waals surface area contributed by atoms with Gasteiger partial charge in [-0.25, -0.2) is 0 Å². The van der Waals surface area contributed by atoms with Gasteiger partial charge in [0.2, 0.25) is 0 Å². The second-order valence-corrected chi connectivity index (χ2v) is 5.32. The number of nitro groups is 1. The maximum Gasteiger partial charge on any atom is 0.270 e. The van der Waals surface area contributed by atoms with Crippen LogP contribution in [0.5, 0.6) is 0 Å². The molecule has 5 heteroatoms. The van der Waals surface area contributed by atoms with E-state index in [0.717, 1.165) is 22.9 Å². The van der Waals surface area contributed by atoms with Gasteiger partial charge in [-0.2, -0.15) is 0 Å². The van der Waals surface area contributed by atoms with Crippen molar-refractivity contribution in [3.8, 4) is 0 Å². The largest absolute Gasteiger partial charge is 0.327 e. The summed E-state index contributed by atoms with van der Waals surface area (Å²) in [6, 6.07) is 5.12. The smallest absolute Gasteiger partial charge is 0.270 e. The van der Waals surface area contributed by atoms with Gasteiger partial charge in [-0.05, 0) is 31.4 Å². The molecule has 1 aromatic carbocycles. The normalized spacial score (nSPS) is 19.2. The molecule has 0 radical (unpaired) electrons. The molecule has 1 aromatic rings. The zero-order chi connectivity index (χ0) is 11.9. The third-order valence-corrected chi connectivity index (χ3v) is 3.79. The Morgan fingerprint density at radius 1 is 1.50 bits per heavy atom. The molecule has 0 heterocycles. The number of halogens is 1. The van der Waals surface area contributed by atoms with E-state index in [4.69, 9.17) is 5.73 Å². The van der Waals surface area contributed by atoms with Crippen molar-refractivity contribution >= 4 is 21.6 Å². The number of benzene rings is 1. The Balaban J connectivity index is 2.46. The molecule has 1 unspecified atom stereocenters. The zero-order valence-electron chi connectivity index (χ0n) is 8.94. The lowest BCUT2D eigenvalue weighted by molar-refractivity contribution is -0.385. The van der Waals surface area contributed by atoms with Crippen LogP contribution >= 0.6 is 15.9 Å². The first-order chi connectivity index (χ1) is 7.45. The number of nitrogens with two attached hydrogens (primary N) is 1. The van der Waals surface area contributed by atoms with E-state index in [1.165, 1.54) is 6.07 Å². The van der Waals surface area contributed by atoms with Crippen LogP contribution in [-0.2, 0) is 5.41 Å². The van der Waals surface area contributed by atoms with Crippen molar-refractivity contribution in [1.29, 1.82) is 0 Å². The molecule has 2 N–H and O–H groups in total. The van der Waals surface area contributed by atoms with Crippen molar-refractivity contribution in [3.63, 3.8) is 0 Å². The Labute approximate surface area is 102 Å². The third-order valence-electron chi connectivity index (χ3n) is 3.33. The second-order valence-electron chi connectivity index (χ2n) is 4.40. The highest BCUT2D eigenvalue weighted by molar-refractivity contribution is 9.10. The van der Waals surface area contributed by atoms with Crippen molar-refractivity contribution in [3.05, 3.63) is 38.3 Å². The fourth-order valence-corrected chi connectivity index (χ4v) is 2.59. The van der Waals surface area contributed by atoms with E-state index in [-0.39, 0.29) is 22.1 Å². The van der Waals surface area contributed by atoms with Gasteiger partial charge in [0.15, 0.2) is 0 Å². The minimum Gasteiger partial charge on any atom is -0.327 e. The summed E-state index contributed by atoms with van der Waals surface area (Å²) >= 11 is 3.31. The van der Waals surface area contributed by atoms with E-state index in [1.807, 2.05) is 13.0 Å². The molecule has 16 heavy (non-hydrogen) atoms. The minimum absolute atomic E-state index is 0.0291. The molecular weight excluding hydrogens is 272 g/mol. The number of hydrogen-bond donors (Lipinski definition) is 1. The number of hydrogen-bond acceptors (Lipinski definition) is 3. The summed E-state index contributed by atoms with van der Waals surface area (Å²) in [4.78, 5) is 10.4. The summed E-state index contributed by atoms with van der Waals surface area (Å²) in [5.74, 6) is 0. The van der Waals surface area contributed by atoms with Gasteiger partial charge in [-0.1, -0.05) is 15.9 Å². The van der Waals surface area contributed by atoms with Gasteiger partial charge in [-0.15, -0.1) is 0 Å². The maximum atomic E-state index is 10.8. The molecule has 1 aliphatic rings. The Morgan fingerprint density at radius 2 is 2.12 bits per heavy atom. The van der Waals surface area contributed by atoms with Crippen LogP contribution in [0.2, 0.25) is 0 Å². The van der Waals surface area contributed by atoms with E-state index >= 15 is 0 Å². The molecule has 1 saturated carbocycles. The molecule has 4 nitrogen and oxygen atoms in total. The molecule has 0 saturated heterocycles. The standard InChI is InChI=1S/C11H13BrN2O2/c1-7(13)11(2-3-11)8-4-9(12)6-10(5-8)14(15)16/h4-7H,2-3,13H2,1H3. The van der Waals surface area contributed by atoms with E-state index in [0.29, 0.717) is 0 Å². The molecule has 1 aliphatic carbocycles. The van der Waals surface area contributed by atoms with Crippen LogP contribution in [0.1, 0.15) is 25.3 Å². The Kier molecular flexibility index (Phi) is 2.75. The van der Waals surface area contributed by atoms with Crippen LogP contribution < -0.4 is 5.73 Å². The quantitative estimate of drug-likeness (QED) is 0.685. The first-order valence-corrected chi connectivity index (χ1v) is 5.96. The van der Waals surface area contributed by atoms with E-state index in [1.54, 1.807) is 6.07 Å². The average molecular weight is 285 g/mol. The van der Waals surface area contributed by atoms with Gasteiger partial charge in [0.25, 0.3) is 5.69 Å². The predicted molar refractivity (Wildman–Crippen MR) is 65.4 cm³/mol. The molecule has 2 rings (SSSR count). The first-order valence-electron chi connectivity index (χ1n) is 5.17.